The van der Waals surface area contributed by atoms with Crippen LogP contribution in [0.2, 0.25) is 0 Å². The number of benzene rings is 2. The van der Waals surface area contributed by atoms with Gasteiger partial charge in [0, 0.05) is 30.8 Å². The fourth-order valence-electron chi connectivity index (χ4n) is 1.91. The van der Waals surface area contributed by atoms with Crippen molar-refractivity contribution < 1.29 is 4.74 Å². The van der Waals surface area contributed by atoms with Gasteiger partial charge in [0.1, 0.15) is 0 Å². The lowest BCUT2D eigenvalue weighted by molar-refractivity contribution is 0.185. The molecule has 0 heterocycles. The largest absolute Gasteiger partial charge is 0.380 e. The minimum Gasteiger partial charge on any atom is -0.380 e. The Bertz CT molecular complexity index is 484. The highest BCUT2D eigenvalue weighted by molar-refractivity contribution is 7.99. The molecule has 2 aromatic rings. The number of hydrogen-bond acceptors (Lipinski definition) is 3. The predicted molar refractivity (Wildman–Crippen MR) is 86.0 cm³/mol. The molecule has 0 spiro atoms. The molecule has 2 nitrogen and oxygen atoms in total. The number of nitrogens with one attached hydrogen (secondary N) is 1. The third-order valence-electron chi connectivity index (χ3n) is 2.95. The topological polar surface area (TPSA) is 21.3 Å². The molecule has 2 aromatic carbocycles. The number of rotatable bonds is 8. The molecule has 0 radical (unpaired) electrons. The van der Waals surface area contributed by atoms with E-state index in [1.165, 1.54) is 16.0 Å². The Kier molecular flexibility index (Phi) is 6.64. The molecule has 3 heteroatoms. The molecule has 0 unspecified atom stereocenters. The van der Waals surface area contributed by atoms with Crippen molar-refractivity contribution in [2.45, 2.75) is 18.0 Å². The lowest BCUT2D eigenvalue weighted by Gasteiger charge is -2.06. The van der Waals surface area contributed by atoms with E-state index in [0.29, 0.717) is 6.61 Å². The molecule has 0 saturated carbocycles. The van der Waals surface area contributed by atoms with Crippen LogP contribution in [0.3, 0.4) is 0 Å². The summed E-state index contributed by atoms with van der Waals surface area (Å²) >= 11 is 1.89. The highest BCUT2D eigenvalue weighted by Gasteiger charge is 1.96. The van der Waals surface area contributed by atoms with E-state index in [4.69, 9.17) is 4.74 Å². The summed E-state index contributed by atoms with van der Waals surface area (Å²) in [7, 11) is 1.72. The number of ether oxygens (including phenoxy) is 1. The molecule has 2 rings (SSSR count). The van der Waals surface area contributed by atoms with Gasteiger partial charge in [0.15, 0.2) is 0 Å². The highest BCUT2D eigenvalue weighted by Crippen LogP contribution is 2.15. The fourth-order valence-corrected chi connectivity index (χ4v) is 2.74. The molecule has 0 aromatic heterocycles. The second-order valence-corrected chi connectivity index (χ2v) is 5.76. The summed E-state index contributed by atoms with van der Waals surface area (Å²) < 4.78 is 5.10. The molecule has 0 saturated heterocycles. The van der Waals surface area contributed by atoms with Crippen LogP contribution in [0.4, 0.5) is 0 Å². The van der Waals surface area contributed by atoms with Crippen LogP contribution in [0.5, 0.6) is 0 Å². The van der Waals surface area contributed by atoms with Crippen molar-refractivity contribution in [1.29, 1.82) is 0 Å². The van der Waals surface area contributed by atoms with Gasteiger partial charge >= 0.3 is 0 Å². The van der Waals surface area contributed by atoms with Crippen LogP contribution in [0.25, 0.3) is 0 Å². The standard InChI is InChI=1S/C17H21NOS/c1-19-14-16-9-7-15(8-10-16)13-18-11-12-20-17-5-3-2-4-6-17/h2-10,18H,11-14H2,1H3. The van der Waals surface area contributed by atoms with Gasteiger partial charge < -0.3 is 10.1 Å². The van der Waals surface area contributed by atoms with E-state index < -0.39 is 0 Å². The molecule has 106 valence electrons. The molecule has 0 bridgehead atoms. The number of thioether (sulfide) groups is 1. The summed E-state index contributed by atoms with van der Waals surface area (Å²) in [5.74, 6) is 1.09. The van der Waals surface area contributed by atoms with Crippen molar-refractivity contribution in [3.05, 3.63) is 65.7 Å². The first kappa shape index (κ1) is 15.1. The normalized spacial score (nSPS) is 10.7. The Morgan fingerprint density at radius 3 is 2.35 bits per heavy atom. The molecule has 0 aliphatic carbocycles. The van der Waals surface area contributed by atoms with Gasteiger partial charge in [-0.1, -0.05) is 42.5 Å². The van der Waals surface area contributed by atoms with Crippen LogP contribution in [0.15, 0.2) is 59.5 Å². The first-order chi connectivity index (χ1) is 9.88. The molecule has 0 aliphatic rings. The van der Waals surface area contributed by atoms with Crippen molar-refractivity contribution in [1.82, 2.24) is 5.32 Å². The zero-order chi connectivity index (χ0) is 14.0. The first-order valence-electron chi connectivity index (χ1n) is 6.84. The van der Waals surface area contributed by atoms with Crippen LogP contribution < -0.4 is 5.32 Å². The highest BCUT2D eigenvalue weighted by atomic mass is 32.2. The van der Waals surface area contributed by atoms with Crippen molar-refractivity contribution in [3.8, 4) is 0 Å². The lowest BCUT2D eigenvalue weighted by atomic mass is 10.1. The number of hydrogen-bond donors (Lipinski definition) is 1. The van der Waals surface area contributed by atoms with Gasteiger partial charge in [0.2, 0.25) is 0 Å². The minimum atomic E-state index is 0.682. The second-order valence-electron chi connectivity index (χ2n) is 4.59. The van der Waals surface area contributed by atoms with Crippen LogP contribution in [0.1, 0.15) is 11.1 Å². The summed E-state index contributed by atoms with van der Waals surface area (Å²) in [5.41, 5.74) is 2.53. The van der Waals surface area contributed by atoms with Gasteiger partial charge in [0.25, 0.3) is 0 Å². The molecular weight excluding hydrogens is 266 g/mol. The third kappa shape index (κ3) is 5.37. The molecule has 0 fully saturated rings. The van der Waals surface area contributed by atoms with Gasteiger partial charge in [-0.3, -0.25) is 0 Å². The van der Waals surface area contributed by atoms with Crippen LogP contribution in [-0.2, 0) is 17.9 Å². The third-order valence-corrected chi connectivity index (χ3v) is 3.97. The molecule has 0 aliphatic heterocycles. The quantitative estimate of drug-likeness (QED) is 0.590. The van der Waals surface area contributed by atoms with Crippen molar-refractivity contribution in [2.24, 2.45) is 0 Å². The Morgan fingerprint density at radius 1 is 0.950 bits per heavy atom. The monoisotopic (exact) mass is 287 g/mol. The van der Waals surface area contributed by atoms with Crippen LogP contribution in [-0.4, -0.2) is 19.4 Å². The van der Waals surface area contributed by atoms with E-state index in [0.717, 1.165) is 18.8 Å². The summed E-state index contributed by atoms with van der Waals surface area (Å²) in [4.78, 5) is 1.33. The summed E-state index contributed by atoms with van der Waals surface area (Å²) in [6.07, 6.45) is 0. The van der Waals surface area contributed by atoms with Gasteiger partial charge in [0.05, 0.1) is 6.61 Å². The van der Waals surface area contributed by atoms with E-state index in [2.05, 4.69) is 59.9 Å². The Labute approximate surface area is 125 Å². The maximum atomic E-state index is 5.10. The molecule has 20 heavy (non-hydrogen) atoms. The average molecular weight is 287 g/mol. The minimum absolute atomic E-state index is 0.682. The predicted octanol–water partition coefficient (Wildman–Crippen LogP) is 3.71. The van der Waals surface area contributed by atoms with Gasteiger partial charge in [-0.25, -0.2) is 0 Å². The van der Waals surface area contributed by atoms with Gasteiger partial charge in [-0.15, -0.1) is 11.8 Å². The molecular formula is C17H21NOS. The van der Waals surface area contributed by atoms with Gasteiger partial charge in [-0.2, -0.15) is 0 Å². The van der Waals surface area contributed by atoms with Crippen molar-refractivity contribution in [2.75, 3.05) is 19.4 Å². The zero-order valence-electron chi connectivity index (χ0n) is 11.8. The summed E-state index contributed by atoms with van der Waals surface area (Å²) in [6, 6.07) is 19.1. The maximum absolute atomic E-state index is 5.10. The van der Waals surface area contributed by atoms with Gasteiger partial charge in [-0.05, 0) is 23.3 Å². The summed E-state index contributed by atoms with van der Waals surface area (Å²) in [5, 5.41) is 3.47. The fraction of sp³-hybridized carbons (Fsp3) is 0.294. The smallest absolute Gasteiger partial charge is 0.0713 e. The zero-order valence-corrected chi connectivity index (χ0v) is 12.7. The second kappa shape index (κ2) is 8.80. The lowest BCUT2D eigenvalue weighted by Crippen LogP contribution is -2.16. The van der Waals surface area contributed by atoms with Crippen LogP contribution >= 0.6 is 11.8 Å². The SMILES string of the molecule is COCc1ccc(CNCCSc2ccccc2)cc1. The van der Waals surface area contributed by atoms with E-state index >= 15 is 0 Å². The van der Waals surface area contributed by atoms with E-state index in [1.54, 1.807) is 7.11 Å². The number of methoxy groups -OCH3 is 1. The molecule has 1 N–H and O–H groups in total. The summed E-state index contributed by atoms with van der Waals surface area (Å²) in [6.45, 7) is 2.61. The Balaban J connectivity index is 1.63. The van der Waals surface area contributed by atoms with Crippen LogP contribution in [0, 0.1) is 0 Å². The van der Waals surface area contributed by atoms with E-state index in [-0.39, 0.29) is 0 Å². The Morgan fingerprint density at radius 2 is 1.65 bits per heavy atom. The van der Waals surface area contributed by atoms with E-state index in [9.17, 15) is 0 Å². The molecule has 0 amide bonds. The van der Waals surface area contributed by atoms with Crippen molar-refractivity contribution >= 4 is 11.8 Å². The Hall–Kier alpha value is -1.29. The molecule has 0 atom stereocenters. The average Bonchev–Trinajstić information content (AvgIpc) is 2.50. The van der Waals surface area contributed by atoms with Crippen molar-refractivity contribution in [3.63, 3.8) is 0 Å². The maximum Gasteiger partial charge on any atom is 0.0713 e. The first-order valence-corrected chi connectivity index (χ1v) is 7.82. The van der Waals surface area contributed by atoms with E-state index in [1.807, 2.05) is 11.8 Å².